The average molecular weight is 560 g/mol. The number of Topliss-reactive ketones (excluding diaryl/α,β-unsaturated/α-hetero) is 1. The molecule has 0 amide bonds. The first kappa shape index (κ1) is 27.9. The molecule has 202 valence electrons. The minimum Gasteiger partial charge on any atom is -0.443 e. The van der Waals surface area contributed by atoms with Crippen molar-refractivity contribution in [2.24, 2.45) is 0 Å². The highest BCUT2D eigenvalue weighted by molar-refractivity contribution is 7.89. The number of alkyl halides is 3. The molecule has 7 nitrogen and oxygen atoms in total. The largest absolute Gasteiger partial charge is 0.443 e. The number of aromatic nitrogens is 2. The second kappa shape index (κ2) is 11.0. The van der Waals surface area contributed by atoms with E-state index in [0.29, 0.717) is 17.0 Å². The molecule has 0 unspecified atom stereocenters. The molecule has 4 rings (SSSR count). The predicted molar refractivity (Wildman–Crippen MR) is 134 cm³/mol. The highest BCUT2D eigenvalue weighted by Crippen LogP contribution is 2.30. The summed E-state index contributed by atoms with van der Waals surface area (Å²) in [5, 5.41) is -0.238. The minimum atomic E-state index is -4.50. The van der Waals surface area contributed by atoms with E-state index in [1.54, 1.807) is 12.1 Å². The van der Waals surface area contributed by atoms with Crippen LogP contribution in [0.5, 0.6) is 0 Å². The lowest BCUT2D eigenvalue weighted by molar-refractivity contribution is -0.137. The van der Waals surface area contributed by atoms with Gasteiger partial charge in [0.05, 0.1) is 23.8 Å². The fourth-order valence-electron chi connectivity index (χ4n) is 3.88. The number of pyridine rings is 2. The number of sulfonamides is 1. The van der Waals surface area contributed by atoms with Gasteiger partial charge in [-0.25, -0.2) is 12.8 Å². The van der Waals surface area contributed by atoms with Gasteiger partial charge in [-0.15, -0.1) is 6.42 Å². The van der Waals surface area contributed by atoms with Gasteiger partial charge in [0.15, 0.2) is 5.78 Å². The van der Waals surface area contributed by atoms with E-state index in [0.717, 1.165) is 28.7 Å². The highest BCUT2D eigenvalue weighted by atomic mass is 32.2. The Morgan fingerprint density at radius 3 is 2.56 bits per heavy atom. The molecule has 0 aliphatic rings. The maximum absolute atomic E-state index is 13.5. The van der Waals surface area contributed by atoms with Gasteiger partial charge >= 0.3 is 6.18 Å². The van der Waals surface area contributed by atoms with Crippen LogP contribution in [0.4, 0.5) is 17.6 Å². The molecule has 3 aromatic heterocycles. The summed E-state index contributed by atoms with van der Waals surface area (Å²) in [6, 6.07) is 8.89. The lowest BCUT2D eigenvalue weighted by Crippen LogP contribution is -2.43. The zero-order valence-electron chi connectivity index (χ0n) is 20.4. The third-order valence-electron chi connectivity index (χ3n) is 5.99. The van der Waals surface area contributed by atoms with Crippen molar-refractivity contribution in [3.05, 3.63) is 78.0 Å². The van der Waals surface area contributed by atoms with Crippen LogP contribution in [-0.4, -0.2) is 41.1 Å². The molecule has 3 heterocycles. The van der Waals surface area contributed by atoms with Gasteiger partial charge in [0.25, 0.3) is 10.0 Å². The van der Waals surface area contributed by atoms with E-state index >= 15 is 0 Å². The molecular weight excluding hydrogens is 538 g/mol. The molecule has 1 atom stereocenters. The molecule has 0 N–H and O–H groups in total. The molecular formula is C27H21F4N3O4S. The highest BCUT2D eigenvalue weighted by Gasteiger charge is 2.35. The number of ketones is 1. The molecule has 0 spiro atoms. The first-order valence-corrected chi connectivity index (χ1v) is 13.0. The topological polar surface area (TPSA) is 93.4 Å². The van der Waals surface area contributed by atoms with Crippen molar-refractivity contribution in [1.29, 1.82) is 0 Å². The number of furan rings is 1. The molecule has 0 radical (unpaired) electrons. The van der Waals surface area contributed by atoms with Crippen molar-refractivity contribution < 1.29 is 35.2 Å². The van der Waals surface area contributed by atoms with E-state index in [2.05, 4.69) is 15.9 Å². The quantitative estimate of drug-likeness (QED) is 0.205. The molecule has 0 saturated heterocycles. The van der Waals surface area contributed by atoms with Crippen LogP contribution in [0.15, 0.2) is 70.4 Å². The van der Waals surface area contributed by atoms with E-state index in [9.17, 15) is 30.8 Å². The maximum atomic E-state index is 13.5. The number of hydrogen-bond donors (Lipinski definition) is 0. The van der Waals surface area contributed by atoms with Crippen LogP contribution in [0, 0.1) is 18.2 Å². The second-order valence-electron chi connectivity index (χ2n) is 8.61. The number of aryl methyl sites for hydroxylation is 1. The Balaban J connectivity index is 1.49. The molecule has 0 aliphatic heterocycles. The van der Waals surface area contributed by atoms with Crippen LogP contribution in [-0.2, 0) is 27.4 Å². The molecule has 4 aromatic rings. The maximum Gasteiger partial charge on any atom is 0.417 e. The molecule has 39 heavy (non-hydrogen) atoms. The van der Waals surface area contributed by atoms with Crippen LogP contribution in [0.1, 0.15) is 24.6 Å². The number of hydrogen-bond acceptors (Lipinski definition) is 6. The van der Waals surface area contributed by atoms with Crippen molar-refractivity contribution >= 4 is 26.8 Å². The van der Waals surface area contributed by atoms with Crippen molar-refractivity contribution in [3.63, 3.8) is 0 Å². The number of carbonyl (C=O) groups excluding carboxylic acids is 1. The van der Waals surface area contributed by atoms with Gasteiger partial charge < -0.3 is 4.42 Å². The van der Waals surface area contributed by atoms with Crippen LogP contribution in [0.3, 0.4) is 0 Å². The predicted octanol–water partition coefficient (Wildman–Crippen LogP) is 5.26. The van der Waals surface area contributed by atoms with Gasteiger partial charge in [-0.05, 0) is 55.8 Å². The number of halogens is 4. The van der Waals surface area contributed by atoms with Gasteiger partial charge in [-0.2, -0.15) is 17.5 Å². The van der Waals surface area contributed by atoms with Crippen molar-refractivity contribution in [2.45, 2.75) is 37.1 Å². The first-order valence-electron chi connectivity index (χ1n) is 11.6. The molecule has 0 aliphatic carbocycles. The van der Waals surface area contributed by atoms with Crippen LogP contribution >= 0.6 is 0 Å². The third kappa shape index (κ3) is 6.16. The third-order valence-corrected chi connectivity index (χ3v) is 7.77. The van der Waals surface area contributed by atoms with Crippen LogP contribution in [0.2, 0.25) is 0 Å². The lowest BCUT2D eigenvalue weighted by Gasteiger charge is -2.24. The fraction of sp³-hybridized carbons (Fsp3) is 0.222. The normalized spacial score (nSPS) is 12.9. The fourth-order valence-corrected chi connectivity index (χ4v) is 5.36. The van der Waals surface area contributed by atoms with Gasteiger partial charge in [0.2, 0.25) is 5.09 Å². The Labute approximate surface area is 221 Å². The summed E-state index contributed by atoms with van der Waals surface area (Å²) in [7, 11) is -4.35. The van der Waals surface area contributed by atoms with Crippen molar-refractivity contribution in [3.8, 4) is 23.6 Å². The van der Waals surface area contributed by atoms with Gasteiger partial charge in [-0.3, -0.25) is 14.8 Å². The summed E-state index contributed by atoms with van der Waals surface area (Å²) >= 11 is 0. The zero-order valence-corrected chi connectivity index (χ0v) is 21.3. The monoisotopic (exact) mass is 559 g/mol. The number of fused-ring (bicyclic) bond motifs is 1. The summed E-state index contributed by atoms with van der Waals surface area (Å²) in [6.45, 7) is 0.990. The minimum absolute atomic E-state index is 0.0972. The Hall–Kier alpha value is -4.08. The standard InChI is InChI=1S/C27H21F4N3O4S/c1-3-12-34(39(36,37)26-15-19-13-21(28)5-9-25(19)38-26)17(2)24(35)8-6-22-14-18(10-11-32-22)23-7-4-20(16-33-23)27(29,30)31/h1,4-5,7,9-11,13-17H,6,8,12H2,2H3/t17-/m0/s1. The second-order valence-corrected chi connectivity index (χ2v) is 10.4. The smallest absolute Gasteiger partial charge is 0.417 e. The Morgan fingerprint density at radius 2 is 1.90 bits per heavy atom. The Morgan fingerprint density at radius 1 is 1.13 bits per heavy atom. The number of terminal acetylenes is 1. The summed E-state index contributed by atoms with van der Waals surface area (Å²) in [5.74, 6) is 1.22. The summed E-state index contributed by atoms with van der Waals surface area (Å²) in [5.41, 5.74) is 0.542. The van der Waals surface area contributed by atoms with Gasteiger partial charge in [0.1, 0.15) is 11.4 Å². The zero-order chi connectivity index (χ0) is 28.4. The number of nitrogens with zero attached hydrogens (tertiary/aromatic N) is 3. The number of benzene rings is 1. The molecule has 12 heteroatoms. The summed E-state index contributed by atoms with van der Waals surface area (Å²) < 4.78 is 84.8. The Kier molecular flexibility index (Phi) is 7.85. The Bertz CT molecular complexity index is 1660. The molecule has 1 aromatic carbocycles. The van der Waals surface area contributed by atoms with E-state index in [1.807, 2.05) is 0 Å². The van der Waals surface area contributed by atoms with E-state index < -0.39 is 51.0 Å². The SMILES string of the molecule is C#CCN([C@@H](C)C(=O)CCc1cc(-c2ccc(C(F)(F)F)cn2)ccn1)S(=O)(=O)c1cc2cc(F)ccc2o1. The van der Waals surface area contributed by atoms with Gasteiger partial charge in [-0.1, -0.05) is 5.92 Å². The van der Waals surface area contributed by atoms with Crippen molar-refractivity contribution in [1.82, 2.24) is 14.3 Å². The average Bonchev–Trinajstić information content (AvgIpc) is 3.34. The van der Waals surface area contributed by atoms with E-state index in [1.165, 1.54) is 31.3 Å². The van der Waals surface area contributed by atoms with E-state index in [4.69, 9.17) is 10.8 Å². The first-order chi connectivity index (χ1) is 18.4. The number of rotatable bonds is 9. The van der Waals surface area contributed by atoms with Crippen LogP contribution < -0.4 is 0 Å². The lowest BCUT2D eigenvalue weighted by atomic mass is 10.1. The van der Waals surface area contributed by atoms with Crippen molar-refractivity contribution in [2.75, 3.05) is 6.54 Å². The summed E-state index contributed by atoms with van der Waals surface area (Å²) in [4.78, 5) is 21.1. The summed E-state index contributed by atoms with van der Waals surface area (Å²) in [6.07, 6.45) is 3.09. The van der Waals surface area contributed by atoms with E-state index in [-0.39, 0.29) is 23.8 Å². The molecule has 0 saturated carbocycles. The molecule has 0 bridgehead atoms. The van der Waals surface area contributed by atoms with Gasteiger partial charge in [0, 0.05) is 41.5 Å². The molecule has 0 fully saturated rings. The van der Waals surface area contributed by atoms with Crippen LogP contribution in [0.25, 0.3) is 22.2 Å². The number of carbonyl (C=O) groups is 1.